The van der Waals surface area contributed by atoms with Crippen molar-refractivity contribution in [1.82, 2.24) is 5.32 Å². The molecule has 2 aromatic rings. The standard InChI is InChI=1S/C16H16BrClN2O2/c1-10-9-13(5-8-15(10)17)20-16(21)19-11(2)22-14-6-3-12(18)4-7-14/h3-9,11H,1-2H3,(H2,19,20,21). The highest BCUT2D eigenvalue weighted by Gasteiger charge is 2.09. The molecule has 0 spiro atoms. The SMILES string of the molecule is Cc1cc(NC(=O)NC(C)Oc2ccc(Cl)cc2)ccc1Br. The highest BCUT2D eigenvalue weighted by atomic mass is 79.9. The van der Waals surface area contributed by atoms with Gasteiger partial charge in [0.1, 0.15) is 5.75 Å². The van der Waals surface area contributed by atoms with Crippen molar-refractivity contribution in [2.45, 2.75) is 20.1 Å². The molecule has 2 aromatic carbocycles. The fourth-order valence-electron chi connectivity index (χ4n) is 1.82. The van der Waals surface area contributed by atoms with Crippen molar-refractivity contribution in [1.29, 1.82) is 0 Å². The molecule has 0 fully saturated rings. The van der Waals surface area contributed by atoms with E-state index in [1.165, 1.54) is 0 Å². The van der Waals surface area contributed by atoms with Crippen LogP contribution in [0.25, 0.3) is 0 Å². The smallest absolute Gasteiger partial charge is 0.322 e. The van der Waals surface area contributed by atoms with Crippen molar-refractivity contribution in [2.24, 2.45) is 0 Å². The molecule has 0 saturated heterocycles. The Labute approximate surface area is 142 Å². The van der Waals surface area contributed by atoms with E-state index in [2.05, 4.69) is 26.6 Å². The average Bonchev–Trinajstić information content (AvgIpc) is 2.45. The minimum Gasteiger partial charge on any atom is -0.471 e. The normalized spacial score (nSPS) is 11.6. The third kappa shape index (κ3) is 4.93. The van der Waals surface area contributed by atoms with Crippen molar-refractivity contribution in [2.75, 3.05) is 5.32 Å². The first-order chi connectivity index (χ1) is 10.4. The van der Waals surface area contributed by atoms with Gasteiger partial charge in [0.2, 0.25) is 0 Å². The second kappa shape index (κ2) is 7.51. The summed E-state index contributed by atoms with van der Waals surface area (Å²) in [4.78, 5) is 11.9. The van der Waals surface area contributed by atoms with Crippen LogP contribution in [-0.4, -0.2) is 12.3 Å². The van der Waals surface area contributed by atoms with E-state index in [0.29, 0.717) is 10.8 Å². The molecule has 0 aliphatic carbocycles. The Morgan fingerprint density at radius 3 is 2.55 bits per heavy atom. The lowest BCUT2D eigenvalue weighted by Crippen LogP contribution is -2.39. The quantitative estimate of drug-likeness (QED) is 0.733. The van der Waals surface area contributed by atoms with Gasteiger partial charge in [0.25, 0.3) is 0 Å². The van der Waals surface area contributed by atoms with Gasteiger partial charge < -0.3 is 15.4 Å². The zero-order chi connectivity index (χ0) is 16.1. The molecule has 6 heteroatoms. The summed E-state index contributed by atoms with van der Waals surface area (Å²) in [5.74, 6) is 0.636. The molecule has 0 heterocycles. The van der Waals surface area contributed by atoms with Crippen LogP contribution in [0, 0.1) is 6.92 Å². The van der Waals surface area contributed by atoms with Crippen LogP contribution < -0.4 is 15.4 Å². The highest BCUT2D eigenvalue weighted by Crippen LogP contribution is 2.20. The van der Waals surface area contributed by atoms with Gasteiger partial charge in [-0.05, 0) is 61.9 Å². The lowest BCUT2D eigenvalue weighted by atomic mass is 10.2. The van der Waals surface area contributed by atoms with Gasteiger partial charge in [0.05, 0.1) is 0 Å². The lowest BCUT2D eigenvalue weighted by molar-refractivity contribution is 0.183. The highest BCUT2D eigenvalue weighted by molar-refractivity contribution is 9.10. The third-order valence-electron chi connectivity index (χ3n) is 2.88. The summed E-state index contributed by atoms with van der Waals surface area (Å²) in [6, 6.07) is 12.2. The average molecular weight is 384 g/mol. The van der Waals surface area contributed by atoms with E-state index >= 15 is 0 Å². The number of carbonyl (C=O) groups is 1. The molecule has 0 aliphatic rings. The zero-order valence-electron chi connectivity index (χ0n) is 12.2. The molecule has 1 unspecified atom stereocenters. The number of hydrogen-bond donors (Lipinski definition) is 2. The Bertz CT molecular complexity index is 662. The van der Waals surface area contributed by atoms with Crippen molar-refractivity contribution < 1.29 is 9.53 Å². The summed E-state index contributed by atoms with van der Waals surface area (Å²) in [6.07, 6.45) is -0.474. The lowest BCUT2D eigenvalue weighted by Gasteiger charge is -2.17. The molecule has 4 nitrogen and oxygen atoms in total. The predicted octanol–water partition coefficient (Wildman–Crippen LogP) is 4.96. The Morgan fingerprint density at radius 2 is 1.91 bits per heavy atom. The van der Waals surface area contributed by atoms with Gasteiger partial charge in [0, 0.05) is 15.2 Å². The molecule has 2 amide bonds. The van der Waals surface area contributed by atoms with E-state index in [-0.39, 0.29) is 6.03 Å². The molecule has 0 aromatic heterocycles. The summed E-state index contributed by atoms with van der Waals surface area (Å²) in [7, 11) is 0. The maximum Gasteiger partial charge on any atom is 0.322 e. The number of hydrogen-bond acceptors (Lipinski definition) is 2. The van der Waals surface area contributed by atoms with E-state index in [9.17, 15) is 4.79 Å². The predicted molar refractivity (Wildman–Crippen MR) is 92.6 cm³/mol. The minimum atomic E-state index is -0.474. The summed E-state index contributed by atoms with van der Waals surface area (Å²) >= 11 is 9.23. The van der Waals surface area contributed by atoms with Gasteiger partial charge in [-0.1, -0.05) is 27.5 Å². The molecule has 1 atom stereocenters. The topological polar surface area (TPSA) is 50.4 Å². The minimum absolute atomic E-state index is 0.330. The molecule has 0 radical (unpaired) electrons. The van der Waals surface area contributed by atoms with Crippen molar-refractivity contribution in [3.63, 3.8) is 0 Å². The molecule has 116 valence electrons. The number of rotatable bonds is 4. The second-order valence-corrected chi connectivity index (χ2v) is 6.07. The Kier molecular flexibility index (Phi) is 5.69. The van der Waals surface area contributed by atoms with E-state index in [0.717, 1.165) is 15.7 Å². The number of anilines is 1. The number of benzene rings is 2. The number of halogens is 2. The number of nitrogens with one attached hydrogen (secondary N) is 2. The number of aryl methyl sites for hydroxylation is 1. The Hall–Kier alpha value is -1.72. The number of amides is 2. The van der Waals surface area contributed by atoms with Gasteiger partial charge >= 0.3 is 6.03 Å². The van der Waals surface area contributed by atoms with Crippen LogP contribution in [0.15, 0.2) is 46.9 Å². The molecule has 0 bridgehead atoms. The van der Waals surface area contributed by atoms with Crippen LogP contribution >= 0.6 is 27.5 Å². The first kappa shape index (κ1) is 16.6. The monoisotopic (exact) mass is 382 g/mol. The fourth-order valence-corrected chi connectivity index (χ4v) is 2.19. The number of ether oxygens (including phenoxy) is 1. The maximum atomic E-state index is 11.9. The van der Waals surface area contributed by atoms with Gasteiger partial charge in [0.15, 0.2) is 6.23 Å². The van der Waals surface area contributed by atoms with Crippen LogP contribution in [0.5, 0.6) is 5.75 Å². The van der Waals surface area contributed by atoms with Crippen LogP contribution in [0.2, 0.25) is 5.02 Å². The summed E-state index contributed by atoms with van der Waals surface area (Å²) in [5.41, 5.74) is 1.76. The van der Waals surface area contributed by atoms with Crippen molar-refractivity contribution >= 4 is 39.2 Å². The first-order valence-electron chi connectivity index (χ1n) is 6.70. The van der Waals surface area contributed by atoms with Crippen molar-refractivity contribution in [3.8, 4) is 5.75 Å². The third-order valence-corrected chi connectivity index (χ3v) is 4.02. The fraction of sp³-hybridized carbons (Fsp3) is 0.188. The second-order valence-electron chi connectivity index (χ2n) is 4.78. The van der Waals surface area contributed by atoms with Gasteiger partial charge in [-0.2, -0.15) is 0 Å². The Morgan fingerprint density at radius 1 is 1.23 bits per heavy atom. The van der Waals surface area contributed by atoms with E-state index in [1.54, 1.807) is 31.2 Å². The van der Waals surface area contributed by atoms with E-state index in [1.807, 2.05) is 25.1 Å². The van der Waals surface area contributed by atoms with Crippen LogP contribution in [0.3, 0.4) is 0 Å². The molecular weight excluding hydrogens is 368 g/mol. The number of urea groups is 1. The molecule has 22 heavy (non-hydrogen) atoms. The van der Waals surface area contributed by atoms with E-state index in [4.69, 9.17) is 16.3 Å². The summed E-state index contributed by atoms with van der Waals surface area (Å²) in [6.45, 7) is 3.71. The maximum absolute atomic E-state index is 11.9. The number of carbonyl (C=O) groups excluding carboxylic acids is 1. The molecule has 0 aliphatic heterocycles. The van der Waals surface area contributed by atoms with Crippen LogP contribution in [0.1, 0.15) is 12.5 Å². The van der Waals surface area contributed by atoms with Crippen LogP contribution in [-0.2, 0) is 0 Å². The van der Waals surface area contributed by atoms with E-state index < -0.39 is 6.23 Å². The molecule has 0 saturated carbocycles. The molecule has 2 rings (SSSR count). The first-order valence-corrected chi connectivity index (χ1v) is 7.87. The van der Waals surface area contributed by atoms with Gasteiger partial charge in [-0.25, -0.2) is 4.79 Å². The molecular formula is C16H16BrClN2O2. The summed E-state index contributed by atoms with van der Waals surface area (Å²) < 4.78 is 6.58. The summed E-state index contributed by atoms with van der Waals surface area (Å²) in [5, 5.41) is 6.11. The van der Waals surface area contributed by atoms with Gasteiger partial charge in [-0.15, -0.1) is 0 Å². The van der Waals surface area contributed by atoms with Crippen molar-refractivity contribution in [3.05, 3.63) is 57.5 Å². The zero-order valence-corrected chi connectivity index (χ0v) is 14.5. The van der Waals surface area contributed by atoms with Gasteiger partial charge in [-0.3, -0.25) is 0 Å². The molecule has 2 N–H and O–H groups in total. The largest absolute Gasteiger partial charge is 0.471 e. The van der Waals surface area contributed by atoms with Crippen LogP contribution in [0.4, 0.5) is 10.5 Å². The Balaban J connectivity index is 1.88.